The fourth-order valence-electron chi connectivity index (χ4n) is 2.74. The van der Waals surface area contributed by atoms with E-state index in [0.29, 0.717) is 83.1 Å². The van der Waals surface area contributed by atoms with Crippen molar-refractivity contribution in [3.05, 3.63) is 41.7 Å². The van der Waals surface area contributed by atoms with Gasteiger partial charge < -0.3 is 40.1 Å². The van der Waals surface area contributed by atoms with E-state index in [2.05, 4.69) is 19.9 Å². The third-order valence-corrected chi connectivity index (χ3v) is 4.31. The predicted octanol–water partition coefficient (Wildman–Crippen LogP) is 1.04. The van der Waals surface area contributed by atoms with Crippen molar-refractivity contribution in [3.8, 4) is 5.88 Å². The molecule has 174 valence electrons. The highest BCUT2D eigenvalue weighted by atomic mass is 16.6. The first-order valence-electron chi connectivity index (χ1n) is 10.4. The molecule has 0 aliphatic carbocycles. The minimum absolute atomic E-state index is 0.133. The quantitative estimate of drug-likeness (QED) is 0.272. The number of imidazole rings is 1. The Hall–Kier alpha value is -2.83. The maximum absolute atomic E-state index is 5.78. The molecule has 0 unspecified atom stereocenters. The van der Waals surface area contributed by atoms with Gasteiger partial charge in [0.2, 0.25) is 11.8 Å². The van der Waals surface area contributed by atoms with Crippen molar-refractivity contribution in [1.82, 2.24) is 19.9 Å². The van der Waals surface area contributed by atoms with Gasteiger partial charge in [-0.05, 0) is 11.1 Å². The third-order valence-electron chi connectivity index (χ3n) is 4.31. The van der Waals surface area contributed by atoms with Gasteiger partial charge in [-0.1, -0.05) is 24.3 Å². The fourth-order valence-corrected chi connectivity index (χ4v) is 2.74. The molecule has 0 saturated heterocycles. The lowest BCUT2D eigenvalue weighted by Gasteiger charge is -2.09. The van der Waals surface area contributed by atoms with E-state index in [4.69, 9.17) is 35.2 Å². The first kappa shape index (κ1) is 23.8. The second kappa shape index (κ2) is 13.6. The number of rotatable bonds is 16. The average Bonchev–Trinajstić information content (AvgIpc) is 3.27. The number of nitrogens with two attached hydrogens (primary N) is 2. The van der Waals surface area contributed by atoms with Crippen molar-refractivity contribution in [2.24, 2.45) is 5.73 Å². The number of nitrogen functional groups attached to an aromatic ring is 1. The van der Waals surface area contributed by atoms with Gasteiger partial charge in [0.25, 0.3) is 0 Å². The minimum atomic E-state index is 0.133. The van der Waals surface area contributed by atoms with Crippen molar-refractivity contribution in [3.63, 3.8) is 0 Å². The van der Waals surface area contributed by atoms with Crippen molar-refractivity contribution < 1.29 is 23.7 Å². The summed E-state index contributed by atoms with van der Waals surface area (Å²) >= 11 is 0. The number of nitrogens with zero attached hydrogens (tertiary/aromatic N) is 3. The Bertz CT molecular complexity index is 921. The zero-order valence-electron chi connectivity index (χ0n) is 18.0. The molecular weight excluding hydrogens is 416 g/mol. The molecule has 0 spiro atoms. The normalized spacial score (nSPS) is 11.3. The topological polar surface area (TPSA) is 153 Å². The monoisotopic (exact) mass is 446 g/mol. The lowest BCUT2D eigenvalue weighted by Crippen LogP contribution is -2.14. The number of nitrogens with one attached hydrogen (secondary N) is 1. The highest BCUT2D eigenvalue weighted by molar-refractivity contribution is 5.76. The summed E-state index contributed by atoms with van der Waals surface area (Å²) in [7, 11) is 0. The second-order valence-electron chi connectivity index (χ2n) is 6.77. The van der Waals surface area contributed by atoms with Crippen LogP contribution in [0.2, 0.25) is 0 Å². The molecule has 3 aromatic rings. The van der Waals surface area contributed by atoms with Crippen LogP contribution in [-0.4, -0.2) is 72.7 Å². The van der Waals surface area contributed by atoms with Crippen molar-refractivity contribution in [2.45, 2.75) is 13.2 Å². The number of aromatic amines is 1. The predicted molar refractivity (Wildman–Crippen MR) is 118 cm³/mol. The third kappa shape index (κ3) is 8.02. The summed E-state index contributed by atoms with van der Waals surface area (Å²) in [6.45, 7) is 5.11. The first-order chi connectivity index (χ1) is 15.8. The zero-order valence-corrected chi connectivity index (χ0v) is 18.0. The van der Waals surface area contributed by atoms with Gasteiger partial charge in [-0.3, -0.25) is 0 Å². The maximum atomic E-state index is 5.78. The molecule has 0 aliphatic rings. The van der Waals surface area contributed by atoms with Gasteiger partial charge in [0.05, 0.1) is 59.2 Å². The molecule has 0 aliphatic heterocycles. The Morgan fingerprint density at radius 1 is 0.750 bits per heavy atom. The lowest BCUT2D eigenvalue weighted by molar-refractivity contribution is -0.00335. The smallest absolute Gasteiger partial charge is 0.247 e. The number of ether oxygens (including phenoxy) is 5. The highest BCUT2D eigenvalue weighted by Crippen LogP contribution is 2.20. The lowest BCUT2D eigenvalue weighted by atomic mass is 10.1. The Morgan fingerprint density at radius 3 is 2.00 bits per heavy atom. The van der Waals surface area contributed by atoms with E-state index < -0.39 is 0 Å². The van der Waals surface area contributed by atoms with Gasteiger partial charge in [0.1, 0.15) is 6.61 Å². The van der Waals surface area contributed by atoms with E-state index in [9.17, 15) is 0 Å². The molecule has 0 atom stereocenters. The Morgan fingerprint density at radius 2 is 1.34 bits per heavy atom. The summed E-state index contributed by atoms with van der Waals surface area (Å²) in [4.78, 5) is 15.2. The molecule has 0 radical (unpaired) electrons. The Balaban J connectivity index is 1.26. The van der Waals surface area contributed by atoms with E-state index in [-0.39, 0.29) is 5.95 Å². The number of H-pyrrole nitrogens is 1. The van der Waals surface area contributed by atoms with E-state index in [1.165, 1.54) is 6.33 Å². The van der Waals surface area contributed by atoms with Gasteiger partial charge in [0, 0.05) is 6.54 Å². The molecule has 0 fully saturated rings. The largest absolute Gasteiger partial charge is 0.471 e. The first-order valence-corrected chi connectivity index (χ1v) is 10.4. The summed E-state index contributed by atoms with van der Waals surface area (Å²) < 4.78 is 27.5. The molecule has 32 heavy (non-hydrogen) atoms. The van der Waals surface area contributed by atoms with Crippen molar-refractivity contribution in [2.75, 3.05) is 58.5 Å². The summed E-state index contributed by atoms with van der Waals surface area (Å²) in [6, 6.07) is 7.96. The average molecular weight is 447 g/mol. The van der Waals surface area contributed by atoms with Crippen LogP contribution >= 0.6 is 0 Å². The van der Waals surface area contributed by atoms with E-state index in [1.807, 2.05) is 24.3 Å². The van der Waals surface area contributed by atoms with Gasteiger partial charge in [-0.2, -0.15) is 9.97 Å². The van der Waals surface area contributed by atoms with Crippen molar-refractivity contribution >= 4 is 17.1 Å². The fraction of sp³-hybridized carbons (Fsp3) is 0.476. The van der Waals surface area contributed by atoms with Crippen LogP contribution < -0.4 is 16.2 Å². The number of hydrogen-bond acceptors (Lipinski definition) is 10. The van der Waals surface area contributed by atoms with E-state index in [0.717, 1.165) is 11.1 Å². The number of fused-ring (bicyclic) bond motifs is 1. The van der Waals surface area contributed by atoms with Crippen LogP contribution in [0, 0.1) is 0 Å². The molecule has 2 heterocycles. The van der Waals surface area contributed by atoms with Gasteiger partial charge in [0.15, 0.2) is 11.2 Å². The minimum Gasteiger partial charge on any atom is -0.471 e. The molecule has 1 aromatic carbocycles. The van der Waals surface area contributed by atoms with Crippen LogP contribution in [-0.2, 0) is 32.2 Å². The Kier molecular flexibility index (Phi) is 10.1. The number of hydrogen-bond donors (Lipinski definition) is 3. The zero-order chi connectivity index (χ0) is 22.4. The Labute approximate surface area is 186 Å². The van der Waals surface area contributed by atoms with Gasteiger partial charge in [-0.25, -0.2) is 4.98 Å². The number of aromatic nitrogens is 4. The van der Waals surface area contributed by atoms with Crippen LogP contribution in [0.15, 0.2) is 30.6 Å². The van der Waals surface area contributed by atoms with Crippen LogP contribution in [0.1, 0.15) is 11.1 Å². The number of benzene rings is 1. The van der Waals surface area contributed by atoms with Crippen LogP contribution in [0.5, 0.6) is 5.88 Å². The van der Waals surface area contributed by atoms with Crippen LogP contribution in [0.4, 0.5) is 5.95 Å². The summed E-state index contributed by atoms with van der Waals surface area (Å²) in [6.07, 6.45) is 1.53. The molecule has 3 rings (SSSR count). The molecule has 11 nitrogen and oxygen atoms in total. The summed E-state index contributed by atoms with van der Waals surface area (Å²) in [5, 5.41) is 0. The SMILES string of the molecule is NCCOCCOCCOCCOCc1ccc(COc2nc(N)nc3[nH]cnc23)cc1. The van der Waals surface area contributed by atoms with Gasteiger partial charge >= 0.3 is 0 Å². The molecule has 0 bridgehead atoms. The van der Waals surface area contributed by atoms with Crippen LogP contribution in [0.3, 0.4) is 0 Å². The molecule has 2 aromatic heterocycles. The molecule has 11 heteroatoms. The molecule has 0 saturated carbocycles. The van der Waals surface area contributed by atoms with E-state index >= 15 is 0 Å². The number of anilines is 1. The molecular formula is C21H30N6O5. The molecule has 5 N–H and O–H groups in total. The van der Waals surface area contributed by atoms with Crippen molar-refractivity contribution in [1.29, 1.82) is 0 Å². The second-order valence-corrected chi connectivity index (χ2v) is 6.77. The summed E-state index contributed by atoms with van der Waals surface area (Å²) in [5.74, 6) is 0.486. The summed E-state index contributed by atoms with van der Waals surface area (Å²) in [5.41, 5.74) is 14.2. The maximum Gasteiger partial charge on any atom is 0.247 e. The standard InChI is InChI=1S/C21H30N6O5/c22-5-6-28-7-8-29-9-10-30-11-12-31-13-16-1-3-17(4-2-16)14-32-20-18-19(25-15-24-18)26-21(23)27-20/h1-4,15H,5-14,22H2,(H3,23,24,25,26,27). The van der Waals surface area contributed by atoms with Gasteiger partial charge in [-0.15, -0.1) is 0 Å². The molecule has 0 amide bonds. The van der Waals surface area contributed by atoms with Crippen LogP contribution in [0.25, 0.3) is 11.2 Å². The van der Waals surface area contributed by atoms with E-state index in [1.54, 1.807) is 0 Å². The highest BCUT2D eigenvalue weighted by Gasteiger charge is 2.10.